The highest BCUT2D eigenvalue weighted by Gasteiger charge is 2.70. The number of halogens is 2. The van der Waals surface area contributed by atoms with Gasteiger partial charge in [0.05, 0.1) is 12.0 Å². The molecular formula is C34H22BrClN2O5. The Bertz CT molecular complexity index is 1910. The van der Waals surface area contributed by atoms with Gasteiger partial charge in [0.15, 0.2) is 23.1 Å². The quantitative estimate of drug-likeness (QED) is 0.247. The zero-order chi connectivity index (χ0) is 29.5. The smallest absolute Gasteiger partial charge is 0.238 e. The minimum atomic E-state index is -1.41. The van der Waals surface area contributed by atoms with Crippen LogP contribution in [0.1, 0.15) is 31.8 Å². The van der Waals surface area contributed by atoms with Crippen LogP contribution in [0.3, 0.4) is 0 Å². The van der Waals surface area contributed by atoms with Crippen molar-refractivity contribution in [2.45, 2.75) is 17.5 Å². The van der Waals surface area contributed by atoms with Crippen LogP contribution in [-0.4, -0.2) is 36.4 Å². The Balaban J connectivity index is 1.41. The van der Waals surface area contributed by atoms with Crippen LogP contribution < -0.4 is 19.7 Å². The number of anilines is 2. The maximum absolute atomic E-state index is 15.0. The number of carbonyl (C=O) groups excluding carboxylic acids is 3. The lowest BCUT2D eigenvalue weighted by Crippen LogP contribution is -2.51. The Hall–Kier alpha value is -4.40. The first-order chi connectivity index (χ1) is 20.9. The fourth-order valence-corrected chi connectivity index (χ4v) is 7.61. The van der Waals surface area contributed by atoms with Crippen molar-refractivity contribution in [1.29, 1.82) is 0 Å². The number of rotatable bonds is 4. The van der Waals surface area contributed by atoms with E-state index in [0.717, 1.165) is 15.7 Å². The summed E-state index contributed by atoms with van der Waals surface area (Å²) in [4.78, 5) is 46.1. The average molecular weight is 654 g/mol. The molecule has 0 aromatic heterocycles. The monoisotopic (exact) mass is 652 g/mol. The van der Waals surface area contributed by atoms with Gasteiger partial charge in [0.1, 0.15) is 11.5 Å². The van der Waals surface area contributed by atoms with Crippen molar-refractivity contribution in [3.8, 4) is 11.5 Å². The number of hydrogen-bond donors (Lipinski definition) is 1. The van der Waals surface area contributed by atoms with Crippen LogP contribution in [-0.2, 0) is 10.2 Å². The van der Waals surface area contributed by atoms with Crippen molar-refractivity contribution in [3.05, 3.63) is 123 Å². The van der Waals surface area contributed by atoms with Gasteiger partial charge in [-0.15, -0.1) is 0 Å². The van der Waals surface area contributed by atoms with E-state index < -0.39 is 23.4 Å². The summed E-state index contributed by atoms with van der Waals surface area (Å²) in [5.74, 6) is -1.03. The van der Waals surface area contributed by atoms with Crippen molar-refractivity contribution in [2.24, 2.45) is 5.92 Å². The van der Waals surface area contributed by atoms with Gasteiger partial charge in [0.2, 0.25) is 12.7 Å². The minimum Gasteiger partial charge on any atom is -0.454 e. The average Bonchev–Trinajstić information content (AvgIpc) is 3.69. The summed E-state index contributed by atoms with van der Waals surface area (Å²) in [7, 11) is 0. The molecule has 212 valence electrons. The van der Waals surface area contributed by atoms with Crippen molar-refractivity contribution < 1.29 is 23.9 Å². The Kier molecular flexibility index (Phi) is 5.83. The minimum absolute atomic E-state index is 0.0563. The van der Waals surface area contributed by atoms with Crippen molar-refractivity contribution in [1.82, 2.24) is 0 Å². The fraction of sp³-hybridized carbons (Fsp3) is 0.147. The van der Waals surface area contributed by atoms with Gasteiger partial charge in [-0.05, 0) is 65.7 Å². The van der Waals surface area contributed by atoms with E-state index in [2.05, 4.69) is 21.2 Å². The molecular weight excluding hydrogens is 632 g/mol. The first kappa shape index (κ1) is 26.2. The molecule has 0 unspecified atom stereocenters. The Morgan fingerprint density at radius 3 is 2.51 bits per heavy atom. The number of Topliss-reactive ketones (excluding diaryl/α,β-unsaturated/α-hetero) is 2. The number of hydrogen-bond acceptors (Lipinski definition) is 6. The molecule has 4 aliphatic heterocycles. The zero-order valence-electron chi connectivity index (χ0n) is 22.4. The lowest BCUT2D eigenvalue weighted by molar-refractivity contribution is -0.121. The van der Waals surface area contributed by atoms with E-state index in [4.69, 9.17) is 21.1 Å². The van der Waals surface area contributed by atoms with Gasteiger partial charge < -0.3 is 19.7 Å². The summed E-state index contributed by atoms with van der Waals surface area (Å²) in [5.41, 5.74) is 2.20. The molecule has 1 fully saturated rings. The molecule has 4 aromatic rings. The predicted molar refractivity (Wildman–Crippen MR) is 166 cm³/mol. The Labute approximate surface area is 260 Å². The highest BCUT2D eigenvalue weighted by Crippen LogP contribution is 2.58. The second-order valence-electron chi connectivity index (χ2n) is 11.0. The third-order valence-electron chi connectivity index (χ3n) is 8.93. The van der Waals surface area contributed by atoms with Crippen LogP contribution in [0, 0.1) is 5.92 Å². The maximum Gasteiger partial charge on any atom is 0.238 e. The largest absolute Gasteiger partial charge is 0.454 e. The Morgan fingerprint density at radius 2 is 1.67 bits per heavy atom. The van der Waals surface area contributed by atoms with Gasteiger partial charge in [-0.25, -0.2) is 0 Å². The second kappa shape index (κ2) is 9.56. The molecule has 7 nitrogen and oxygen atoms in total. The van der Waals surface area contributed by atoms with E-state index in [0.29, 0.717) is 38.9 Å². The molecule has 1 spiro atoms. The Morgan fingerprint density at radius 1 is 0.907 bits per heavy atom. The summed E-state index contributed by atoms with van der Waals surface area (Å²) in [6.07, 6.45) is 3.85. The number of benzene rings is 4. The molecule has 4 aromatic carbocycles. The summed E-state index contributed by atoms with van der Waals surface area (Å²) in [6, 6.07) is 23.3. The zero-order valence-corrected chi connectivity index (χ0v) is 24.8. The molecule has 8 rings (SSSR count). The maximum atomic E-state index is 15.0. The normalized spacial score (nSPS) is 24.0. The molecule has 0 bridgehead atoms. The summed E-state index contributed by atoms with van der Waals surface area (Å²) < 4.78 is 11.9. The number of carbonyl (C=O) groups is 3. The van der Waals surface area contributed by atoms with E-state index in [1.54, 1.807) is 48.5 Å². The summed E-state index contributed by atoms with van der Waals surface area (Å²) in [6.45, 7) is 0.0563. The van der Waals surface area contributed by atoms with Crippen LogP contribution in [0.15, 0.2) is 95.5 Å². The molecule has 1 N–H and O–H groups in total. The SMILES string of the molecule is O=C(c1ccc(Br)cc1)[C@@H]1[C@H](C(=O)c2ccc3c(c2)OCO3)[C@@]2(C(=O)Nc3ccccc32)[C@H]2C=Cc3cc(Cl)ccc3N12. The number of amides is 1. The van der Waals surface area contributed by atoms with E-state index in [9.17, 15) is 14.4 Å². The van der Waals surface area contributed by atoms with Crippen LogP contribution in [0.5, 0.6) is 11.5 Å². The third-order valence-corrected chi connectivity index (χ3v) is 9.70. The molecule has 1 amide bonds. The van der Waals surface area contributed by atoms with Crippen molar-refractivity contribution in [2.75, 3.05) is 17.0 Å². The van der Waals surface area contributed by atoms with E-state index in [1.165, 1.54) is 0 Å². The topological polar surface area (TPSA) is 84.9 Å². The number of ether oxygens (including phenoxy) is 2. The third kappa shape index (κ3) is 3.69. The van der Waals surface area contributed by atoms with Gasteiger partial charge in [-0.2, -0.15) is 0 Å². The summed E-state index contributed by atoms with van der Waals surface area (Å²) >= 11 is 9.84. The molecule has 4 aliphatic rings. The van der Waals surface area contributed by atoms with Gasteiger partial charge in [0, 0.05) is 32.0 Å². The van der Waals surface area contributed by atoms with Crippen LogP contribution >= 0.6 is 27.5 Å². The first-order valence-electron chi connectivity index (χ1n) is 13.8. The molecule has 0 saturated carbocycles. The number of nitrogens with zero attached hydrogens (tertiary/aromatic N) is 1. The van der Waals surface area contributed by atoms with E-state index in [1.807, 2.05) is 53.5 Å². The number of para-hydroxylation sites is 1. The van der Waals surface area contributed by atoms with E-state index >= 15 is 0 Å². The van der Waals surface area contributed by atoms with Crippen LogP contribution in [0.2, 0.25) is 5.02 Å². The van der Waals surface area contributed by atoms with Crippen molar-refractivity contribution >= 4 is 62.5 Å². The fourth-order valence-electron chi connectivity index (χ4n) is 7.16. The van der Waals surface area contributed by atoms with Gasteiger partial charge in [-0.3, -0.25) is 14.4 Å². The molecule has 0 radical (unpaired) electrons. The standard InChI is InChI=1S/C34H22BrClN2O5/c35-21-9-5-18(6-10-21)32(40)30-29(31(39)20-7-13-26-27(16-20)43-17-42-26)34(23-3-1-2-4-24(23)37-33(34)41)28-14-8-19-15-22(36)11-12-25(19)38(28)30/h1-16,28-30H,17H2,(H,37,41)/t28-,29-,30+,34+/m1/s1. The molecule has 1 saturated heterocycles. The first-order valence-corrected chi connectivity index (χ1v) is 15.0. The second-order valence-corrected chi connectivity index (χ2v) is 12.4. The van der Waals surface area contributed by atoms with E-state index in [-0.39, 0.29) is 24.3 Å². The lowest BCUT2D eigenvalue weighted by atomic mass is 9.64. The van der Waals surface area contributed by atoms with Gasteiger partial charge in [0.25, 0.3) is 0 Å². The molecule has 43 heavy (non-hydrogen) atoms. The van der Waals surface area contributed by atoms with Gasteiger partial charge >= 0.3 is 0 Å². The van der Waals surface area contributed by atoms with Crippen LogP contribution in [0.25, 0.3) is 6.08 Å². The molecule has 9 heteroatoms. The highest BCUT2D eigenvalue weighted by atomic mass is 79.9. The summed E-state index contributed by atoms with van der Waals surface area (Å²) in [5, 5.41) is 3.59. The molecule has 4 atom stereocenters. The molecule has 0 aliphatic carbocycles. The van der Waals surface area contributed by atoms with Gasteiger partial charge in [-0.1, -0.05) is 70.0 Å². The number of ketones is 2. The van der Waals surface area contributed by atoms with Crippen molar-refractivity contribution in [3.63, 3.8) is 0 Å². The lowest BCUT2D eigenvalue weighted by Gasteiger charge is -2.37. The van der Waals surface area contributed by atoms with Crippen LogP contribution in [0.4, 0.5) is 11.4 Å². The number of nitrogens with one attached hydrogen (secondary N) is 1. The predicted octanol–water partition coefficient (Wildman–Crippen LogP) is 6.69. The number of fused-ring (bicyclic) bond motifs is 7. The highest BCUT2D eigenvalue weighted by molar-refractivity contribution is 9.10. The molecule has 4 heterocycles.